The van der Waals surface area contributed by atoms with Crippen molar-refractivity contribution in [3.8, 4) is 17.0 Å². The number of aromatic nitrogens is 2. The van der Waals surface area contributed by atoms with E-state index in [1.165, 1.54) is 0 Å². The molecule has 4 heteroatoms. The molecule has 0 unspecified atom stereocenters. The predicted octanol–water partition coefficient (Wildman–Crippen LogP) is 4.47. The molecule has 0 saturated heterocycles. The quantitative estimate of drug-likeness (QED) is 0.558. The summed E-state index contributed by atoms with van der Waals surface area (Å²) >= 11 is 0. The molecular formula is C19H14N2O2. The normalized spacial score (nSPS) is 10.8. The summed E-state index contributed by atoms with van der Waals surface area (Å²) < 4.78 is 11.1. The third-order valence-electron chi connectivity index (χ3n) is 3.58. The first kappa shape index (κ1) is 13.5. The van der Waals surface area contributed by atoms with Crippen molar-refractivity contribution < 1.29 is 9.26 Å². The van der Waals surface area contributed by atoms with Gasteiger partial charge in [-0.1, -0.05) is 41.6 Å². The SMILES string of the molecule is c1ccc(-c2cc(COc3ccc4ncccc4c3)on2)cc1. The van der Waals surface area contributed by atoms with Crippen molar-refractivity contribution in [3.63, 3.8) is 0 Å². The van der Waals surface area contributed by atoms with E-state index in [4.69, 9.17) is 9.26 Å². The molecule has 0 saturated carbocycles. The highest BCUT2D eigenvalue weighted by molar-refractivity contribution is 5.79. The van der Waals surface area contributed by atoms with Crippen LogP contribution in [0.2, 0.25) is 0 Å². The van der Waals surface area contributed by atoms with Crippen LogP contribution in [0.5, 0.6) is 5.75 Å². The van der Waals surface area contributed by atoms with Crippen LogP contribution >= 0.6 is 0 Å². The molecule has 4 aromatic rings. The minimum absolute atomic E-state index is 0.339. The largest absolute Gasteiger partial charge is 0.486 e. The lowest BCUT2D eigenvalue weighted by atomic mass is 10.1. The van der Waals surface area contributed by atoms with Gasteiger partial charge in [-0.05, 0) is 24.3 Å². The first-order chi connectivity index (χ1) is 11.4. The second-order valence-corrected chi connectivity index (χ2v) is 5.19. The van der Waals surface area contributed by atoms with E-state index in [1.54, 1.807) is 6.20 Å². The summed E-state index contributed by atoms with van der Waals surface area (Å²) in [4.78, 5) is 4.29. The highest BCUT2D eigenvalue weighted by Crippen LogP contribution is 2.22. The standard InChI is InChI=1S/C19H14N2O2/c1-2-5-14(6-3-1)19-12-17(23-21-19)13-22-16-8-9-18-15(11-16)7-4-10-20-18/h1-12H,13H2. The molecule has 2 aromatic carbocycles. The van der Waals surface area contributed by atoms with Gasteiger partial charge >= 0.3 is 0 Å². The van der Waals surface area contributed by atoms with E-state index in [2.05, 4.69) is 10.1 Å². The van der Waals surface area contributed by atoms with Crippen LogP contribution in [0.25, 0.3) is 22.2 Å². The van der Waals surface area contributed by atoms with Crippen molar-refractivity contribution in [2.24, 2.45) is 0 Å². The summed E-state index contributed by atoms with van der Waals surface area (Å²) in [6.07, 6.45) is 1.78. The van der Waals surface area contributed by atoms with Gasteiger partial charge in [0.2, 0.25) is 0 Å². The summed E-state index contributed by atoms with van der Waals surface area (Å²) in [5.41, 5.74) is 2.79. The minimum Gasteiger partial charge on any atom is -0.486 e. The Balaban J connectivity index is 1.49. The molecule has 4 nitrogen and oxygen atoms in total. The van der Waals surface area contributed by atoms with E-state index < -0.39 is 0 Å². The summed E-state index contributed by atoms with van der Waals surface area (Å²) in [6, 6.07) is 21.6. The molecule has 0 N–H and O–H groups in total. The maximum atomic E-state index is 5.79. The predicted molar refractivity (Wildman–Crippen MR) is 88.0 cm³/mol. The fourth-order valence-corrected chi connectivity index (χ4v) is 2.42. The number of rotatable bonds is 4. The van der Waals surface area contributed by atoms with Gasteiger partial charge in [-0.3, -0.25) is 4.98 Å². The van der Waals surface area contributed by atoms with Crippen LogP contribution in [0.3, 0.4) is 0 Å². The zero-order valence-electron chi connectivity index (χ0n) is 12.3. The third kappa shape index (κ3) is 2.92. The van der Waals surface area contributed by atoms with Crippen molar-refractivity contribution in [1.82, 2.24) is 10.1 Å². The molecule has 112 valence electrons. The second-order valence-electron chi connectivity index (χ2n) is 5.19. The van der Waals surface area contributed by atoms with Crippen LogP contribution in [0, 0.1) is 0 Å². The fourth-order valence-electron chi connectivity index (χ4n) is 2.42. The van der Waals surface area contributed by atoms with Crippen molar-refractivity contribution in [1.29, 1.82) is 0 Å². The number of hydrogen-bond acceptors (Lipinski definition) is 4. The monoisotopic (exact) mass is 302 g/mol. The maximum Gasteiger partial charge on any atom is 0.174 e. The summed E-state index contributed by atoms with van der Waals surface area (Å²) in [7, 11) is 0. The second kappa shape index (κ2) is 5.93. The summed E-state index contributed by atoms with van der Waals surface area (Å²) in [5, 5.41) is 5.13. The molecule has 0 fully saturated rings. The number of fused-ring (bicyclic) bond motifs is 1. The number of benzene rings is 2. The average molecular weight is 302 g/mol. The number of ether oxygens (including phenoxy) is 1. The molecule has 0 amide bonds. The van der Waals surface area contributed by atoms with E-state index >= 15 is 0 Å². The minimum atomic E-state index is 0.339. The third-order valence-corrected chi connectivity index (χ3v) is 3.58. The van der Waals surface area contributed by atoms with E-state index in [1.807, 2.05) is 66.7 Å². The Bertz CT molecular complexity index is 932. The lowest BCUT2D eigenvalue weighted by Crippen LogP contribution is -1.93. The zero-order valence-corrected chi connectivity index (χ0v) is 12.3. The van der Waals surface area contributed by atoms with Crippen LogP contribution < -0.4 is 4.74 Å². The molecule has 0 bridgehead atoms. The number of pyridine rings is 1. The summed E-state index contributed by atoms with van der Waals surface area (Å²) in [6.45, 7) is 0.339. The maximum absolute atomic E-state index is 5.79. The highest BCUT2D eigenvalue weighted by Gasteiger charge is 2.07. The Hall–Kier alpha value is -3.14. The van der Waals surface area contributed by atoms with Crippen LogP contribution in [-0.2, 0) is 6.61 Å². The Labute approximate surface area is 133 Å². The molecule has 0 aliphatic heterocycles. The molecule has 2 heterocycles. The van der Waals surface area contributed by atoms with Gasteiger partial charge in [0.25, 0.3) is 0 Å². The van der Waals surface area contributed by atoms with Gasteiger partial charge in [-0.2, -0.15) is 0 Å². The topological polar surface area (TPSA) is 48.2 Å². The van der Waals surface area contributed by atoms with Gasteiger partial charge in [0.1, 0.15) is 18.1 Å². The van der Waals surface area contributed by atoms with Crippen molar-refractivity contribution in [3.05, 3.63) is 78.7 Å². The van der Waals surface area contributed by atoms with Crippen LogP contribution in [0.15, 0.2) is 77.4 Å². The van der Waals surface area contributed by atoms with Gasteiger partial charge in [-0.25, -0.2) is 0 Å². The van der Waals surface area contributed by atoms with Gasteiger partial charge < -0.3 is 9.26 Å². The first-order valence-electron chi connectivity index (χ1n) is 7.37. The molecule has 0 aliphatic carbocycles. The molecule has 2 aromatic heterocycles. The molecule has 0 radical (unpaired) electrons. The molecule has 0 atom stereocenters. The first-order valence-corrected chi connectivity index (χ1v) is 7.37. The van der Waals surface area contributed by atoms with E-state index in [-0.39, 0.29) is 0 Å². The van der Waals surface area contributed by atoms with Crippen molar-refractivity contribution in [2.75, 3.05) is 0 Å². The smallest absolute Gasteiger partial charge is 0.174 e. The van der Waals surface area contributed by atoms with Gasteiger partial charge in [0, 0.05) is 23.2 Å². The summed E-state index contributed by atoms with van der Waals surface area (Å²) in [5.74, 6) is 1.47. The Morgan fingerprint density at radius 1 is 0.913 bits per heavy atom. The Morgan fingerprint density at radius 3 is 2.74 bits per heavy atom. The van der Waals surface area contributed by atoms with Gasteiger partial charge in [-0.15, -0.1) is 0 Å². The van der Waals surface area contributed by atoms with Gasteiger partial charge in [0.15, 0.2) is 5.76 Å². The molecular weight excluding hydrogens is 288 g/mol. The van der Waals surface area contributed by atoms with E-state index in [0.29, 0.717) is 12.4 Å². The van der Waals surface area contributed by atoms with E-state index in [0.717, 1.165) is 27.9 Å². The highest BCUT2D eigenvalue weighted by atomic mass is 16.5. The van der Waals surface area contributed by atoms with Crippen LogP contribution in [-0.4, -0.2) is 10.1 Å². The van der Waals surface area contributed by atoms with Crippen LogP contribution in [0.4, 0.5) is 0 Å². The van der Waals surface area contributed by atoms with Crippen LogP contribution in [0.1, 0.15) is 5.76 Å². The fraction of sp³-hybridized carbons (Fsp3) is 0.0526. The molecule has 23 heavy (non-hydrogen) atoms. The lowest BCUT2D eigenvalue weighted by molar-refractivity contribution is 0.250. The lowest BCUT2D eigenvalue weighted by Gasteiger charge is -2.04. The molecule has 0 spiro atoms. The molecule has 4 rings (SSSR count). The van der Waals surface area contributed by atoms with E-state index in [9.17, 15) is 0 Å². The average Bonchev–Trinajstić information content (AvgIpc) is 3.10. The zero-order chi connectivity index (χ0) is 15.5. The van der Waals surface area contributed by atoms with Crippen molar-refractivity contribution >= 4 is 10.9 Å². The molecule has 0 aliphatic rings. The van der Waals surface area contributed by atoms with Gasteiger partial charge in [0.05, 0.1) is 5.52 Å². The number of nitrogens with zero attached hydrogens (tertiary/aromatic N) is 2. The number of hydrogen-bond donors (Lipinski definition) is 0. The van der Waals surface area contributed by atoms with Crippen molar-refractivity contribution in [2.45, 2.75) is 6.61 Å². The Kier molecular flexibility index (Phi) is 3.48. The Morgan fingerprint density at radius 2 is 1.83 bits per heavy atom.